The van der Waals surface area contributed by atoms with Crippen LogP contribution in [-0.4, -0.2) is 7.11 Å². The summed E-state index contributed by atoms with van der Waals surface area (Å²) in [6.45, 7) is 0. The Hall–Kier alpha value is -1.69. The maximum absolute atomic E-state index is 13.2. The SMILES string of the molecule is COc1cc(C(Cc2ccc(F)c(F)c2)NN)ccc1Cl. The average Bonchev–Trinajstić information content (AvgIpc) is 2.49. The summed E-state index contributed by atoms with van der Waals surface area (Å²) in [5.41, 5.74) is 4.12. The van der Waals surface area contributed by atoms with E-state index >= 15 is 0 Å². The summed E-state index contributed by atoms with van der Waals surface area (Å²) in [4.78, 5) is 0. The van der Waals surface area contributed by atoms with Gasteiger partial charge in [-0.2, -0.15) is 0 Å². The maximum atomic E-state index is 13.2. The van der Waals surface area contributed by atoms with E-state index in [4.69, 9.17) is 22.2 Å². The molecule has 112 valence electrons. The van der Waals surface area contributed by atoms with Crippen molar-refractivity contribution in [3.05, 3.63) is 64.2 Å². The number of halogens is 3. The third kappa shape index (κ3) is 3.69. The number of nitrogens with one attached hydrogen (secondary N) is 1. The van der Waals surface area contributed by atoms with Gasteiger partial charge in [0, 0.05) is 0 Å². The molecule has 6 heteroatoms. The van der Waals surface area contributed by atoms with E-state index in [1.165, 1.54) is 13.2 Å². The normalized spacial score (nSPS) is 12.2. The molecule has 0 aromatic heterocycles. The summed E-state index contributed by atoms with van der Waals surface area (Å²) >= 11 is 5.97. The smallest absolute Gasteiger partial charge is 0.159 e. The molecule has 21 heavy (non-hydrogen) atoms. The highest BCUT2D eigenvalue weighted by atomic mass is 35.5. The molecule has 0 heterocycles. The zero-order valence-electron chi connectivity index (χ0n) is 11.4. The lowest BCUT2D eigenvalue weighted by Crippen LogP contribution is -2.29. The number of hydrogen-bond donors (Lipinski definition) is 2. The molecule has 2 aromatic rings. The van der Waals surface area contributed by atoms with Gasteiger partial charge in [-0.15, -0.1) is 0 Å². The van der Waals surface area contributed by atoms with Crippen molar-refractivity contribution in [1.29, 1.82) is 0 Å². The van der Waals surface area contributed by atoms with Gasteiger partial charge in [0.2, 0.25) is 0 Å². The molecule has 0 bridgehead atoms. The highest BCUT2D eigenvalue weighted by Crippen LogP contribution is 2.29. The Bertz CT molecular complexity index is 637. The number of nitrogens with two attached hydrogens (primary N) is 1. The van der Waals surface area contributed by atoms with Crippen molar-refractivity contribution in [3.63, 3.8) is 0 Å². The Morgan fingerprint density at radius 1 is 1.19 bits per heavy atom. The van der Waals surface area contributed by atoms with Gasteiger partial charge in [-0.25, -0.2) is 8.78 Å². The van der Waals surface area contributed by atoms with Gasteiger partial charge in [-0.05, 0) is 41.8 Å². The van der Waals surface area contributed by atoms with Gasteiger partial charge in [-0.1, -0.05) is 23.7 Å². The summed E-state index contributed by atoms with van der Waals surface area (Å²) in [6.07, 6.45) is 0.401. The number of methoxy groups -OCH3 is 1. The zero-order chi connectivity index (χ0) is 15.4. The van der Waals surface area contributed by atoms with Crippen molar-refractivity contribution in [1.82, 2.24) is 5.43 Å². The Morgan fingerprint density at radius 2 is 1.95 bits per heavy atom. The van der Waals surface area contributed by atoms with Crippen LogP contribution in [0.3, 0.4) is 0 Å². The van der Waals surface area contributed by atoms with E-state index in [1.54, 1.807) is 18.2 Å². The standard InChI is InChI=1S/C15H15ClF2N2O/c1-21-15-8-10(3-4-11(15)16)14(20-19)7-9-2-5-12(17)13(18)6-9/h2-6,8,14,20H,7,19H2,1H3. The fourth-order valence-corrected chi connectivity index (χ4v) is 2.26. The van der Waals surface area contributed by atoms with Crippen LogP contribution in [-0.2, 0) is 6.42 Å². The maximum Gasteiger partial charge on any atom is 0.159 e. The number of ether oxygens (including phenoxy) is 1. The molecule has 0 radical (unpaired) electrons. The Labute approximate surface area is 126 Å². The van der Waals surface area contributed by atoms with E-state index in [0.717, 1.165) is 17.7 Å². The first-order valence-corrected chi connectivity index (χ1v) is 6.66. The fraction of sp³-hybridized carbons (Fsp3) is 0.200. The molecule has 2 aromatic carbocycles. The molecule has 3 nitrogen and oxygen atoms in total. The second-order valence-electron chi connectivity index (χ2n) is 4.57. The topological polar surface area (TPSA) is 47.3 Å². The summed E-state index contributed by atoms with van der Waals surface area (Å²) in [7, 11) is 1.52. The van der Waals surface area contributed by atoms with Crippen LogP contribution in [0.5, 0.6) is 5.75 Å². The van der Waals surface area contributed by atoms with Crippen LogP contribution in [0.4, 0.5) is 8.78 Å². The van der Waals surface area contributed by atoms with E-state index in [0.29, 0.717) is 22.8 Å². The zero-order valence-corrected chi connectivity index (χ0v) is 12.1. The molecule has 0 aliphatic rings. The lowest BCUT2D eigenvalue weighted by molar-refractivity contribution is 0.413. The molecule has 3 N–H and O–H groups in total. The lowest BCUT2D eigenvalue weighted by atomic mass is 9.99. The second-order valence-corrected chi connectivity index (χ2v) is 4.97. The predicted octanol–water partition coefficient (Wildman–Crippen LogP) is 3.37. The van der Waals surface area contributed by atoms with Crippen molar-refractivity contribution < 1.29 is 13.5 Å². The largest absolute Gasteiger partial charge is 0.495 e. The summed E-state index contributed by atoms with van der Waals surface area (Å²) in [5, 5.41) is 0.491. The molecular weight excluding hydrogens is 298 g/mol. The summed E-state index contributed by atoms with van der Waals surface area (Å²) in [6, 6.07) is 8.76. The highest BCUT2D eigenvalue weighted by molar-refractivity contribution is 6.32. The number of rotatable bonds is 5. The van der Waals surface area contributed by atoms with Crippen LogP contribution in [0, 0.1) is 11.6 Å². The monoisotopic (exact) mass is 312 g/mol. The van der Waals surface area contributed by atoms with Crippen LogP contribution < -0.4 is 16.0 Å². The van der Waals surface area contributed by atoms with Gasteiger partial charge in [0.15, 0.2) is 11.6 Å². The molecule has 0 saturated heterocycles. The number of hydrogen-bond acceptors (Lipinski definition) is 3. The molecular formula is C15H15ClF2N2O. The summed E-state index contributed by atoms with van der Waals surface area (Å²) < 4.78 is 31.3. The van der Waals surface area contributed by atoms with E-state index in [2.05, 4.69) is 5.43 Å². The molecule has 0 aliphatic heterocycles. The first-order chi connectivity index (χ1) is 10.0. The predicted molar refractivity (Wildman–Crippen MR) is 78.1 cm³/mol. The quantitative estimate of drug-likeness (QED) is 0.657. The van der Waals surface area contributed by atoms with Crippen LogP contribution in [0.1, 0.15) is 17.2 Å². The Kier molecular flexibility index (Phi) is 5.12. The molecule has 0 amide bonds. The minimum Gasteiger partial charge on any atom is -0.495 e. The Balaban J connectivity index is 2.25. The van der Waals surface area contributed by atoms with Gasteiger partial charge in [-0.3, -0.25) is 11.3 Å². The van der Waals surface area contributed by atoms with Gasteiger partial charge >= 0.3 is 0 Å². The third-order valence-corrected chi connectivity index (χ3v) is 3.51. The van der Waals surface area contributed by atoms with Crippen molar-refractivity contribution in [2.75, 3.05) is 7.11 Å². The average molecular weight is 313 g/mol. The van der Waals surface area contributed by atoms with Crippen molar-refractivity contribution >= 4 is 11.6 Å². The second kappa shape index (κ2) is 6.85. The van der Waals surface area contributed by atoms with E-state index in [9.17, 15) is 8.78 Å². The molecule has 1 unspecified atom stereocenters. The van der Waals surface area contributed by atoms with Crippen molar-refractivity contribution in [2.45, 2.75) is 12.5 Å². The van der Waals surface area contributed by atoms with E-state index in [1.807, 2.05) is 0 Å². The minimum atomic E-state index is -0.878. The van der Waals surface area contributed by atoms with Gasteiger partial charge in [0.25, 0.3) is 0 Å². The Morgan fingerprint density at radius 3 is 2.57 bits per heavy atom. The van der Waals surface area contributed by atoms with Crippen LogP contribution in [0.25, 0.3) is 0 Å². The van der Waals surface area contributed by atoms with Gasteiger partial charge in [0.1, 0.15) is 5.75 Å². The summed E-state index contributed by atoms with van der Waals surface area (Å²) in [5.74, 6) is 4.34. The molecule has 0 aliphatic carbocycles. The van der Waals surface area contributed by atoms with Crippen LogP contribution >= 0.6 is 11.6 Å². The molecule has 1 atom stereocenters. The highest BCUT2D eigenvalue weighted by Gasteiger charge is 2.14. The van der Waals surface area contributed by atoms with Crippen LogP contribution in [0.2, 0.25) is 5.02 Å². The molecule has 0 saturated carbocycles. The first-order valence-electron chi connectivity index (χ1n) is 6.28. The molecule has 0 spiro atoms. The minimum absolute atomic E-state index is 0.277. The van der Waals surface area contributed by atoms with Crippen LogP contribution in [0.15, 0.2) is 36.4 Å². The number of hydrazine groups is 1. The molecule has 2 rings (SSSR count). The third-order valence-electron chi connectivity index (χ3n) is 3.20. The van der Waals surface area contributed by atoms with Crippen molar-refractivity contribution in [2.24, 2.45) is 5.84 Å². The van der Waals surface area contributed by atoms with Gasteiger partial charge < -0.3 is 4.74 Å². The lowest BCUT2D eigenvalue weighted by Gasteiger charge is -2.18. The van der Waals surface area contributed by atoms with E-state index in [-0.39, 0.29) is 6.04 Å². The van der Waals surface area contributed by atoms with Crippen molar-refractivity contribution in [3.8, 4) is 5.75 Å². The first kappa shape index (κ1) is 15.7. The van der Waals surface area contributed by atoms with E-state index < -0.39 is 11.6 Å². The fourth-order valence-electron chi connectivity index (χ4n) is 2.07. The molecule has 0 fully saturated rings. The van der Waals surface area contributed by atoms with Gasteiger partial charge in [0.05, 0.1) is 18.2 Å². The number of benzene rings is 2.